The summed E-state index contributed by atoms with van der Waals surface area (Å²) in [5.74, 6) is 0. The first-order valence-electron chi connectivity index (χ1n) is 4.30. The smallest absolute Gasteiger partial charge is 0.0737 e. The van der Waals surface area contributed by atoms with E-state index in [1.807, 2.05) is 30.3 Å². The topological polar surface area (TPSA) is 46.2 Å². The second-order valence-electron chi connectivity index (χ2n) is 3.14. The van der Waals surface area contributed by atoms with Crippen molar-refractivity contribution in [3.05, 3.63) is 48.0 Å². The van der Waals surface area contributed by atoms with Crippen molar-refractivity contribution >= 4 is 12.4 Å². The average molecular weight is 214 g/mol. The van der Waals surface area contributed by atoms with E-state index >= 15 is 0 Å². The van der Waals surface area contributed by atoms with Gasteiger partial charge in [-0.1, -0.05) is 36.9 Å². The third-order valence-electron chi connectivity index (χ3n) is 2.09. The van der Waals surface area contributed by atoms with Gasteiger partial charge in [0.25, 0.3) is 0 Å². The number of hydrogen-bond acceptors (Lipinski definition) is 2. The lowest BCUT2D eigenvalue weighted by Gasteiger charge is -2.17. The molecule has 2 nitrogen and oxygen atoms in total. The molecule has 0 aromatic heterocycles. The van der Waals surface area contributed by atoms with Crippen LogP contribution in [0, 0.1) is 0 Å². The SMILES string of the molecule is C=C(C(C)O)C(N)c1ccccc1.Cl. The van der Waals surface area contributed by atoms with Crippen LogP contribution in [-0.4, -0.2) is 11.2 Å². The van der Waals surface area contributed by atoms with Gasteiger partial charge in [-0.05, 0) is 18.1 Å². The van der Waals surface area contributed by atoms with Crippen LogP contribution < -0.4 is 5.73 Å². The maximum atomic E-state index is 9.27. The molecule has 0 bridgehead atoms. The second kappa shape index (κ2) is 5.81. The van der Waals surface area contributed by atoms with Gasteiger partial charge in [0.2, 0.25) is 0 Å². The van der Waals surface area contributed by atoms with E-state index in [2.05, 4.69) is 6.58 Å². The highest BCUT2D eigenvalue weighted by Gasteiger charge is 2.12. The molecule has 0 aliphatic rings. The normalized spacial score (nSPS) is 13.9. The summed E-state index contributed by atoms with van der Waals surface area (Å²) in [4.78, 5) is 0. The van der Waals surface area contributed by atoms with Crippen LogP contribution in [0.5, 0.6) is 0 Å². The fraction of sp³-hybridized carbons (Fsp3) is 0.273. The quantitative estimate of drug-likeness (QED) is 0.755. The summed E-state index contributed by atoms with van der Waals surface area (Å²) in [6.07, 6.45) is -0.560. The van der Waals surface area contributed by atoms with Crippen molar-refractivity contribution in [3.8, 4) is 0 Å². The van der Waals surface area contributed by atoms with Crippen molar-refractivity contribution in [2.45, 2.75) is 19.1 Å². The van der Waals surface area contributed by atoms with Gasteiger partial charge in [0.1, 0.15) is 0 Å². The summed E-state index contributed by atoms with van der Waals surface area (Å²) < 4.78 is 0. The number of halogens is 1. The molecule has 0 radical (unpaired) electrons. The van der Waals surface area contributed by atoms with Crippen LogP contribution >= 0.6 is 12.4 Å². The fourth-order valence-corrected chi connectivity index (χ4v) is 1.13. The van der Waals surface area contributed by atoms with Crippen LogP contribution in [-0.2, 0) is 0 Å². The predicted molar refractivity (Wildman–Crippen MR) is 61.4 cm³/mol. The zero-order chi connectivity index (χ0) is 9.84. The number of hydrogen-bond donors (Lipinski definition) is 2. The van der Waals surface area contributed by atoms with Crippen molar-refractivity contribution in [3.63, 3.8) is 0 Å². The first kappa shape index (κ1) is 13.2. The summed E-state index contributed by atoms with van der Waals surface area (Å²) in [6.45, 7) is 5.43. The van der Waals surface area contributed by atoms with Crippen LogP contribution in [0.4, 0.5) is 0 Å². The van der Waals surface area contributed by atoms with Gasteiger partial charge < -0.3 is 10.8 Å². The number of rotatable bonds is 3. The standard InChI is InChI=1S/C11H15NO.ClH/c1-8(9(2)13)11(12)10-6-4-3-5-7-10;/h3-7,9,11,13H,1,12H2,2H3;1H. The van der Waals surface area contributed by atoms with E-state index in [0.29, 0.717) is 5.57 Å². The molecule has 0 spiro atoms. The molecular weight excluding hydrogens is 198 g/mol. The predicted octanol–water partition coefficient (Wildman–Crippen LogP) is 2.05. The molecule has 2 atom stereocenters. The van der Waals surface area contributed by atoms with Crippen LogP contribution in [0.2, 0.25) is 0 Å². The summed E-state index contributed by atoms with van der Waals surface area (Å²) >= 11 is 0. The molecule has 0 heterocycles. The third-order valence-corrected chi connectivity index (χ3v) is 2.09. The van der Waals surface area contributed by atoms with E-state index in [9.17, 15) is 5.11 Å². The van der Waals surface area contributed by atoms with Crippen LogP contribution in [0.15, 0.2) is 42.5 Å². The molecule has 3 N–H and O–H groups in total. The van der Waals surface area contributed by atoms with E-state index in [0.717, 1.165) is 5.56 Å². The highest BCUT2D eigenvalue weighted by atomic mass is 35.5. The maximum Gasteiger partial charge on any atom is 0.0737 e. The molecule has 0 saturated carbocycles. The zero-order valence-electron chi connectivity index (χ0n) is 8.18. The molecule has 1 aromatic carbocycles. The number of benzene rings is 1. The Bertz CT molecular complexity index is 285. The number of aliphatic hydroxyl groups is 1. The Morgan fingerprint density at radius 2 is 1.86 bits per heavy atom. The zero-order valence-corrected chi connectivity index (χ0v) is 9.00. The van der Waals surface area contributed by atoms with Crippen molar-refractivity contribution in [2.24, 2.45) is 5.73 Å². The van der Waals surface area contributed by atoms with Crippen molar-refractivity contribution in [1.82, 2.24) is 0 Å². The summed E-state index contributed by atoms with van der Waals surface area (Å²) in [5.41, 5.74) is 7.50. The third kappa shape index (κ3) is 3.14. The van der Waals surface area contributed by atoms with Crippen LogP contribution in [0.25, 0.3) is 0 Å². The molecule has 0 saturated heterocycles. The summed E-state index contributed by atoms with van der Waals surface area (Å²) in [7, 11) is 0. The summed E-state index contributed by atoms with van der Waals surface area (Å²) in [5, 5.41) is 9.27. The Morgan fingerprint density at radius 1 is 1.36 bits per heavy atom. The van der Waals surface area contributed by atoms with Crippen molar-refractivity contribution < 1.29 is 5.11 Å². The first-order valence-corrected chi connectivity index (χ1v) is 4.30. The summed E-state index contributed by atoms with van der Waals surface area (Å²) in [6, 6.07) is 9.36. The molecule has 0 aliphatic carbocycles. The Hall–Kier alpha value is -0.830. The van der Waals surface area contributed by atoms with Crippen molar-refractivity contribution in [1.29, 1.82) is 0 Å². The molecule has 0 fully saturated rings. The van der Waals surface area contributed by atoms with Gasteiger partial charge >= 0.3 is 0 Å². The van der Waals surface area contributed by atoms with E-state index in [4.69, 9.17) is 5.73 Å². The molecule has 0 amide bonds. The maximum absolute atomic E-state index is 9.27. The Kier molecular flexibility index (Phi) is 5.46. The van der Waals surface area contributed by atoms with E-state index < -0.39 is 6.10 Å². The van der Waals surface area contributed by atoms with Gasteiger partial charge in [0.05, 0.1) is 12.1 Å². The van der Waals surface area contributed by atoms with Crippen LogP contribution in [0.3, 0.4) is 0 Å². The molecular formula is C11H16ClNO. The van der Waals surface area contributed by atoms with E-state index in [-0.39, 0.29) is 18.4 Å². The molecule has 1 aromatic rings. The first-order chi connectivity index (χ1) is 6.13. The number of nitrogens with two attached hydrogens (primary N) is 1. The lowest BCUT2D eigenvalue weighted by atomic mass is 9.98. The van der Waals surface area contributed by atoms with Gasteiger partial charge in [0.15, 0.2) is 0 Å². The molecule has 1 rings (SSSR count). The fourth-order valence-electron chi connectivity index (χ4n) is 1.13. The second-order valence-corrected chi connectivity index (χ2v) is 3.14. The molecule has 3 heteroatoms. The Labute approximate surface area is 90.9 Å². The average Bonchev–Trinajstić information content (AvgIpc) is 2.17. The molecule has 78 valence electrons. The Morgan fingerprint density at radius 3 is 2.29 bits per heavy atom. The lowest BCUT2D eigenvalue weighted by molar-refractivity contribution is 0.224. The highest BCUT2D eigenvalue weighted by molar-refractivity contribution is 5.85. The minimum Gasteiger partial charge on any atom is -0.389 e. The molecule has 2 unspecified atom stereocenters. The minimum absolute atomic E-state index is 0. The minimum atomic E-state index is -0.560. The highest BCUT2D eigenvalue weighted by Crippen LogP contribution is 2.19. The van der Waals surface area contributed by atoms with Gasteiger partial charge in [-0.3, -0.25) is 0 Å². The van der Waals surface area contributed by atoms with Crippen LogP contribution in [0.1, 0.15) is 18.5 Å². The van der Waals surface area contributed by atoms with E-state index in [1.165, 1.54) is 0 Å². The van der Waals surface area contributed by atoms with Crippen molar-refractivity contribution in [2.75, 3.05) is 0 Å². The molecule has 14 heavy (non-hydrogen) atoms. The van der Waals surface area contributed by atoms with Gasteiger partial charge in [-0.2, -0.15) is 0 Å². The molecule has 0 aliphatic heterocycles. The van der Waals surface area contributed by atoms with Gasteiger partial charge in [-0.25, -0.2) is 0 Å². The monoisotopic (exact) mass is 213 g/mol. The van der Waals surface area contributed by atoms with Gasteiger partial charge in [-0.15, -0.1) is 12.4 Å². The van der Waals surface area contributed by atoms with Gasteiger partial charge in [0, 0.05) is 0 Å². The number of aliphatic hydroxyl groups excluding tert-OH is 1. The van der Waals surface area contributed by atoms with E-state index in [1.54, 1.807) is 6.92 Å². The Balaban J connectivity index is 0.00000169. The largest absolute Gasteiger partial charge is 0.389 e. The lowest BCUT2D eigenvalue weighted by Crippen LogP contribution is -2.19.